The minimum absolute atomic E-state index is 0.0180. The Morgan fingerprint density at radius 2 is 0.844 bits per heavy atom. The molecule has 8 N–H and O–H groups in total. The molecule has 0 aliphatic carbocycles. The second-order valence-corrected chi connectivity index (χ2v) is 17.8. The van der Waals surface area contributed by atoms with Gasteiger partial charge in [-0.15, -0.1) is 0 Å². The van der Waals surface area contributed by atoms with Crippen molar-refractivity contribution in [3.05, 3.63) is 106 Å². The number of benzene rings is 3. The summed E-state index contributed by atoms with van der Waals surface area (Å²) >= 11 is 0. The molecule has 0 heterocycles. The van der Waals surface area contributed by atoms with Crippen molar-refractivity contribution in [1.29, 1.82) is 0 Å². The van der Waals surface area contributed by atoms with E-state index in [1.165, 1.54) is 16.7 Å². The first-order valence-corrected chi connectivity index (χ1v) is 22.5. The molecule has 3 aromatic carbocycles. The van der Waals surface area contributed by atoms with Gasteiger partial charge in [0.15, 0.2) is 5.96 Å². The molecular weight excluding hydrogens is 805 g/mol. The fraction of sp³-hybridized carbons (Fsp3) is 0.480. The van der Waals surface area contributed by atoms with E-state index in [0.29, 0.717) is 24.2 Å². The number of nitrogens with one attached hydrogen (secondary N) is 4. The zero-order valence-electron chi connectivity index (χ0n) is 39.3. The molecular formula is C50H72N10O4. The third-order valence-corrected chi connectivity index (χ3v) is 10.7. The zero-order chi connectivity index (χ0) is 47.2. The molecule has 0 aliphatic rings. The highest BCUT2D eigenvalue weighted by molar-refractivity contribution is 5.92. The van der Waals surface area contributed by atoms with Gasteiger partial charge in [-0.25, -0.2) is 21.3 Å². The van der Waals surface area contributed by atoms with E-state index >= 15 is 0 Å². The van der Waals surface area contributed by atoms with Crippen molar-refractivity contribution < 1.29 is 19.2 Å². The van der Waals surface area contributed by atoms with Gasteiger partial charge in [0.1, 0.15) is 12.1 Å². The summed E-state index contributed by atoms with van der Waals surface area (Å²) in [6.07, 6.45) is 6.69. The maximum Gasteiger partial charge on any atom is 0.262 e. The van der Waals surface area contributed by atoms with Crippen molar-refractivity contribution in [2.45, 2.75) is 137 Å². The molecule has 0 spiro atoms. The quantitative estimate of drug-likeness (QED) is 0.0299. The first-order valence-electron chi connectivity index (χ1n) is 22.5. The molecule has 0 fully saturated rings. The lowest BCUT2D eigenvalue weighted by atomic mass is 9.97. The fourth-order valence-electron chi connectivity index (χ4n) is 6.79. The molecule has 0 saturated heterocycles. The molecule has 4 amide bonds. The molecule has 64 heavy (non-hydrogen) atoms. The number of rotatable bonds is 25. The number of nitrogens with two attached hydrogens (primary N) is 2. The maximum atomic E-state index is 13.7. The lowest BCUT2D eigenvalue weighted by Gasteiger charge is -2.20. The maximum absolute atomic E-state index is 13.7. The number of hydrazone groups is 3. The first kappa shape index (κ1) is 52.2. The summed E-state index contributed by atoms with van der Waals surface area (Å²) in [5.74, 6) is -1.21. The number of guanidine groups is 1. The van der Waals surface area contributed by atoms with E-state index in [4.69, 9.17) is 11.5 Å². The molecule has 0 radical (unpaired) electrons. The summed E-state index contributed by atoms with van der Waals surface area (Å²) in [6.45, 7) is 18.9. The summed E-state index contributed by atoms with van der Waals surface area (Å²) in [5.41, 5.74) is 26.2. The Kier molecular flexibility index (Phi) is 22.1. The predicted octanol–water partition coefficient (Wildman–Crippen LogP) is 6.99. The molecule has 0 bridgehead atoms. The fourth-order valence-corrected chi connectivity index (χ4v) is 6.79. The minimum Gasteiger partial charge on any atom is -0.370 e. The Morgan fingerprint density at radius 3 is 1.19 bits per heavy atom. The van der Waals surface area contributed by atoms with Crippen LogP contribution in [0.3, 0.4) is 0 Å². The summed E-state index contributed by atoms with van der Waals surface area (Å²) in [7, 11) is 0. The van der Waals surface area contributed by atoms with Gasteiger partial charge in [-0.3, -0.25) is 19.2 Å². The van der Waals surface area contributed by atoms with Crippen LogP contribution in [0.25, 0.3) is 0 Å². The van der Waals surface area contributed by atoms with Crippen LogP contribution in [0.5, 0.6) is 0 Å². The van der Waals surface area contributed by atoms with Crippen LogP contribution >= 0.6 is 0 Å². The molecule has 0 saturated carbocycles. The molecule has 0 aromatic heterocycles. The number of nitrogens with zero attached hydrogens (tertiary/aromatic N) is 4. The minimum atomic E-state index is -1.21. The van der Waals surface area contributed by atoms with Gasteiger partial charge in [0.2, 0.25) is 17.7 Å². The van der Waals surface area contributed by atoms with E-state index in [9.17, 15) is 19.2 Å². The Balaban J connectivity index is 1.62. The largest absolute Gasteiger partial charge is 0.370 e. The number of hydrogen-bond acceptors (Lipinski definition) is 8. The summed E-state index contributed by atoms with van der Waals surface area (Å²) < 4.78 is 0. The van der Waals surface area contributed by atoms with Gasteiger partial charge in [0.05, 0.1) is 0 Å². The molecule has 3 aromatic rings. The number of carbonyl (C=O) groups excluding carboxylic acids is 4. The standard InChI is InChI=1S/C50H72N10O4/c1-32(2)41-16-10-38(11-17-41)26-35(7)29-53-58-46(61)24-22-44(57-50(51)52)48(63)56-45(49(64)60-55-31-37(9)28-40-14-20-43(21-15-40)34(5)6)23-25-47(62)59-54-30-36(8)27-39-12-18-42(19-13-39)33(3)4/h10-21,29-37,44-45H,22-28H2,1-9H3,(H,56,63)(H,58,61)(H,59,62)(H,60,64)(H4,51,52,57)/b53-29-,54-30-,55-31-/t35?,36?,37?,44-,45-/m0/s1. The topological polar surface area (TPSA) is 218 Å². The molecule has 14 heteroatoms. The molecule has 3 rings (SSSR count). The Bertz CT molecular complexity index is 2040. The monoisotopic (exact) mass is 877 g/mol. The van der Waals surface area contributed by atoms with Crippen LogP contribution in [0.15, 0.2) is 93.1 Å². The van der Waals surface area contributed by atoms with Crippen LogP contribution in [0.2, 0.25) is 0 Å². The van der Waals surface area contributed by atoms with E-state index in [1.54, 1.807) is 18.6 Å². The van der Waals surface area contributed by atoms with Gasteiger partial charge in [0.25, 0.3) is 5.91 Å². The number of aliphatic imine (C=N–C) groups is 1. The summed E-state index contributed by atoms with van der Waals surface area (Å²) in [4.78, 5) is 57.0. The SMILES string of the molecule is CC(/C=N\NC(=O)CC[C@H](N=C(N)N)C(=O)N[C@@H](CCC(=O)N/N=C\C(C)Cc1ccc(C(C)C)cc1)C(=O)N/N=C\C(C)Cc1ccc(C(C)C)cc1)Cc1ccc(C(C)C)cc1. The van der Waals surface area contributed by atoms with E-state index in [2.05, 4.69) is 156 Å². The lowest BCUT2D eigenvalue weighted by Crippen LogP contribution is -2.49. The van der Waals surface area contributed by atoms with Crippen molar-refractivity contribution in [3.8, 4) is 0 Å². The second kappa shape index (κ2) is 27.1. The van der Waals surface area contributed by atoms with E-state index < -0.39 is 35.7 Å². The highest BCUT2D eigenvalue weighted by Crippen LogP contribution is 2.19. The van der Waals surface area contributed by atoms with Crippen LogP contribution in [-0.2, 0) is 38.4 Å². The first-order chi connectivity index (χ1) is 30.4. The Labute approximate surface area is 380 Å². The van der Waals surface area contributed by atoms with Crippen molar-refractivity contribution in [2.75, 3.05) is 0 Å². The van der Waals surface area contributed by atoms with Crippen LogP contribution in [-0.4, -0.2) is 60.3 Å². The van der Waals surface area contributed by atoms with Crippen molar-refractivity contribution >= 4 is 48.2 Å². The zero-order valence-corrected chi connectivity index (χ0v) is 39.3. The van der Waals surface area contributed by atoms with Gasteiger partial charge in [-0.2, -0.15) is 15.3 Å². The molecule has 5 atom stereocenters. The van der Waals surface area contributed by atoms with E-state index in [0.717, 1.165) is 29.5 Å². The van der Waals surface area contributed by atoms with Crippen LogP contribution in [0.1, 0.15) is 139 Å². The van der Waals surface area contributed by atoms with Crippen molar-refractivity contribution in [2.24, 2.45) is 49.5 Å². The normalized spacial score (nSPS) is 14.1. The third-order valence-electron chi connectivity index (χ3n) is 10.7. The lowest BCUT2D eigenvalue weighted by molar-refractivity contribution is -0.130. The van der Waals surface area contributed by atoms with E-state index in [-0.39, 0.29) is 49.4 Å². The summed E-state index contributed by atoms with van der Waals surface area (Å²) in [5, 5.41) is 15.1. The van der Waals surface area contributed by atoms with Crippen molar-refractivity contribution in [3.63, 3.8) is 0 Å². The Hall–Kier alpha value is -6.18. The van der Waals surface area contributed by atoms with Gasteiger partial charge in [-0.05, 0) is 101 Å². The molecule has 0 aliphatic heterocycles. The van der Waals surface area contributed by atoms with Crippen LogP contribution < -0.4 is 33.1 Å². The molecule has 3 unspecified atom stereocenters. The highest BCUT2D eigenvalue weighted by atomic mass is 16.2. The van der Waals surface area contributed by atoms with Gasteiger partial charge in [0, 0.05) is 31.5 Å². The highest BCUT2D eigenvalue weighted by Gasteiger charge is 2.27. The Morgan fingerprint density at radius 1 is 0.500 bits per heavy atom. The smallest absolute Gasteiger partial charge is 0.262 e. The average Bonchev–Trinajstić information content (AvgIpc) is 3.24. The van der Waals surface area contributed by atoms with Crippen LogP contribution in [0, 0.1) is 17.8 Å². The second-order valence-electron chi connectivity index (χ2n) is 17.8. The van der Waals surface area contributed by atoms with E-state index in [1.807, 2.05) is 20.8 Å². The van der Waals surface area contributed by atoms with Gasteiger partial charge >= 0.3 is 0 Å². The summed E-state index contributed by atoms with van der Waals surface area (Å²) in [6, 6.07) is 22.9. The average molecular weight is 877 g/mol. The predicted molar refractivity (Wildman–Crippen MR) is 260 cm³/mol. The van der Waals surface area contributed by atoms with Crippen LogP contribution in [0.4, 0.5) is 0 Å². The van der Waals surface area contributed by atoms with Gasteiger partial charge in [-0.1, -0.05) is 135 Å². The third kappa shape index (κ3) is 19.9. The van der Waals surface area contributed by atoms with Gasteiger partial charge < -0.3 is 16.8 Å². The van der Waals surface area contributed by atoms with Crippen molar-refractivity contribution in [1.82, 2.24) is 21.6 Å². The number of hydrogen-bond donors (Lipinski definition) is 6. The molecule has 14 nitrogen and oxygen atoms in total. The number of amides is 4. The number of carbonyl (C=O) groups is 4. The molecule has 346 valence electrons.